The number of carbonyl (C=O) groups excluding carboxylic acids is 2. The van der Waals surface area contributed by atoms with Gasteiger partial charge >= 0.3 is 0 Å². The molecule has 0 unspecified atom stereocenters. The molecule has 2 aromatic carbocycles. The maximum absolute atomic E-state index is 12.2. The van der Waals surface area contributed by atoms with Crippen molar-refractivity contribution in [2.45, 2.75) is 13.3 Å². The van der Waals surface area contributed by atoms with Crippen LogP contribution in [0.3, 0.4) is 0 Å². The molecule has 8 heteroatoms. The Kier molecular flexibility index (Phi) is 6.28. The number of benzene rings is 2. The highest BCUT2D eigenvalue weighted by Gasteiger charge is 2.13. The minimum atomic E-state index is -0.321. The van der Waals surface area contributed by atoms with Gasteiger partial charge in [-0.1, -0.05) is 0 Å². The number of hydrazone groups is 1. The van der Waals surface area contributed by atoms with E-state index in [1.165, 1.54) is 0 Å². The quantitative estimate of drug-likeness (QED) is 0.392. The number of anilines is 1. The standard InChI is InChI=1S/C19H18IN3O4/c1-12(22-23-19(25)13-2-4-14(20)5-3-13)10-18(24)21-15-6-7-16-17(11-15)27-9-8-26-16/h2-7,11H,8-10H2,1H3,(H,21,24)(H,23,25)/b22-12+. The third-order valence-electron chi connectivity index (χ3n) is 3.70. The van der Waals surface area contributed by atoms with Crippen molar-refractivity contribution in [3.05, 3.63) is 51.6 Å². The second-order valence-electron chi connectivity index (χ2n) is 5.88. The first-order valence-electron chi connectivity index (χ1n) is 8.30. The Morgan fingerprint density at radius 2 is 1.78 bits per heavy atom. The highest BCUT2D eigenvalue weighted by molar-refractivity contribution is 14.1. The Hall–Kier alpha value is -2.62. The molecule has 140 valence electrons. The van der Waals surface area contributed by atoms with Crippen LogP contribution in [0, 0.1) is 3.57 Å². The summed E-state index contributed by atoms with van der Waals surface area (Å²) < 4.78 is 12.0. The molecule has 2 amide bonds. The van der Waals surface area contributed by atoms with Gasteiger partial charge in [0.1, 0.15) is 13.2 Å². The number of nitrogens with zero attached hydrogens (tertiary/aromatic N) is 1. The average molecular weight is 479 g/mol. The number of fused-ring (bicyclic) bond motifs is 1. The molecular formula is C19H18IN3O4. The summed E-state index contributed by atoms with van der Waals surface area (Å²) >= 11 is 2.17. The molecule has 0 atom stereocenters. The smallest absolute Gasteiger partial charge is 0.271 e. The number of hydrogen-bond donors (Lipinski definition) is 2. The molecule has 0 aliphatic carbocycles. The lowest BCUT2D eigenvalue weighted by Crippen LogP contribution is -2.21. The van der Waals surface area contributed by atoms with E-state index in [1.807, 2.05) is 12.1 Å². The first kappa shape index (κ1) is 19.2. The largest absolute Gasteiger partial charge is 0.486 e. The third kappa shape index (κ3) is 5.43. The maximum atomic E-state index is 12.2. The molecular weight excluding hydrogens is 461 g/mol. The molecule has 1 heterocycles. The first-order chi connectivity index (χ1) is 13.0. The Morgan fingerprint density at radius 3 is 2.52 bits per heavy atom. The number of carbonyl (C=O) groups is 2. The van der Waals surface area contributed by atoms with Crippen LogP contribution in [0.2, 0.25) is 0 Å². The van der Waals surface area contributed by atoms with Crippen LogP contribution in [0.5, 0.6) is 11.5 Å². The summed E-state index contributed by atoms with van der Waals surface area (Å²) in [5.41, 5.74) is 4.07. The number of rotatable bonds is 5. The summed E-state index contributed by atoms with van der Waals surface area (Å²) in [7, 11) is 0. The predicted octanol–water partition coefficient (Wildman–Crippen LogP) is 3.20. The molecule has 0 spiro atoms. The fraction of sp³-hybridized carbons (Fsp3) is 0.211. The van der Waals surface area contributed by atoms with Crippen LogP contribution in [-0.2, 0) is 4.79 Å². The van der Waals surface area contributed by atoms with E-state index < -0.39 is 0 Å². The van der Waals surface area contributed by atoms with Gasteiger partial charge in [-0.15, -0.1) is 0 Å². The lowest BCUT2D eigenvalue weighted by Gasteiger charge is -2.19. The monoisotopic (exact) mass is 479 g/mol. The summed E-state index contributed by atoms with van der Waals surface area (Å²) in [6.07, 6.45) is 0.0570. The van der Waals surface area contributed by atoms with E-state index in [2.05, 4.69) is 38.4 Å². The summed E-state index contributed by atoms with van der Waals surface area (Å²) in [6.45, 7) is 2.68. The lowest BCUT2D eigenvalue weighted by molar-refractivity contribution is -0.115. The predicted molar refractivity (Wildman–Crippen MR) is 110 cm³/mol. The minimum absolute atomic E-state index is 0.0570. The first-order valence-corrected chi connectivity index (χ1v) is 9.38. The molecule has 0 aromatic heterocycles. The Balaban J connectivity index is 1.53. The highest BCUT2D eigenvalue weighted by Crippen LogP contribution is 2.32. The molecule has 2 N–H and O–H groups in total. The van der Waals surface area contributed by atoms with E-state index in [0.717, 1.165) is 3.57 Å². The zero-order valence-corrected chi connectivity index (χ0v) is 16.8. The van der Waals surface area contributed by atoms with E-state index in [9.17, 15) is 9.59 Å². The summed E-state index contributed by atoms with van der Waals surface area (Å²) in [4.78, 5) is 24.2. The van der Waals surface area contributed by atoms with Crippen molar-refractivity contribution in [1.82, 2.24) is 5.43 Å². The van der Waals surface area contributed by atoms with Crippen LogP contribution in [0.25, 0.3) is 0 Å². The molecule has 0 bridgehead atoms. The molecule has 2 aromatic rings. The van der Waals surface area contributed by atoms with E-state index in [4.69, 9.17) is 9.47 Å². The van der Waals surface area contributed by atoms with Gasteiger partial charge in [-0.05, 0) is 65.9 Å². The van der Waals surface area contributed by atoms with Crippen LogP contribution in [0.4, 0.5) is 5.69 Å². The Morgan fingerprint density at radius 1 is 1.07 bits per heavy atom. The fourth-order valence-corrected chi connectivity index (χ4v) is 2.77. The van der Waals surface area contributed by atoms with Crippen molar-refractivity contribution in [2.75, 3.05) is 18.5 Å². The van der Waals surface area contributed by atoms with Crippen molar-refractivity contribution < 1.29 is 19.1 Å². The van der Waals surface area contributed by atoms with Gasteiger partial charge in [0.25, 0.3) is 5.91 Å². The van der Waals surface area contributed by atoms with E-state index in [-0.39, 0.29) is 18.2 Å². The van der Waals surface area contributed by atoms with Gasteiger partial charge in [-0.2, -0.15) is 5.10 Å². The van der Waals surface area contributed by atoms with Crippen molar-refractivity contribution in [3.8, 4) is 11.5 Å². The number of halogens is 1. The number of ether oxygens (including phenoxy) is 2. The zero-order chi connectivity index (χ0) is 19.2. The summed E-state index contributed by atoms with van der Waals surface area (Å²) in [6, 6.07) is 12.3. The molecule has 1 aliphatic heterocycles. The van der Waals surface area contributed by atoms with E-state index >= 15 is 0 Å². The molecule has 7 nitrogen and oxygen atoms in total. The topological polar surface area (TPSA) is 89.0 Å². The zero-order valence-electron chi connectivity index (χ0n) is 14.6. The van der Waals surface area contributed by atoms with Crippen molar-refractivity contribution in [2.24, 2.45) is 5.10 Å². The Bertz CT molecular complexity index is 881. The highest BCUT2D eigenvalue weighted by atomic mass is 127. The third-order valence-corrected chi connectivity index (χ3v) is 4.42. The summed E-state index contributed by atoms with van der Waals surface area (Å²) in [5.74, 6) is 0.707. The van der Waals surface area contributed by atoms with Gasteiger partial charge in [0, 0.05) is 26.6 Å². The Labute approximate surface area is 170 Å². The number of hydrogen-bond acceptors (Lipinski definition) is 5. The van der Waals surface area contributed by atoms with E-state index in [1.54, 1.807) is 37.3 Å². The maximum Gasteiger partial charge on any atom is 0.271 e. The SMILES string of the molecule is C/C(CC(=O)Nc1ccc2c(c1)OCCO2)=N\NC(=O)c1ccc(I)cc1. The molecule has 3 rings (SSSR count). The van der Waals surface area contributed by atoms with Crippen molar-refractivity contribution in [3.63, 3.8) is 0 Å². The average Bonchev–Trinajstić information content (AvgIpc) is 2.66. The van der Waals surface area contributed by atoms with Crippen molar-refractivity contribution >= 4 is 45.8 Å². The number of nitrogens with one attached hydrogen (secondary N) is 2. The van der Waals surface area contributed by atoms with Crippen LogP contribution in [0.1, 0.15) is 23.7 Å². The molecule has 0 fully saturated rings. The minimum Gasteiger partial charge on any atom is -0.486 e. The van der Waals surface area contributed by atoms with Crippen LogP contribution < -0.4 is 20.2 Å². The van der Waals surface area contributed by atoms with Gasteiger partial charge in [0.05, 0.1) is 6.42 Å². The van der Waals surface area contributed by atoms with Crippen LogP contribution in [0.15, 0.2) is 47.6 Å². The molecule has 27 heavy (non-hydrogen) atoms. The molecule has 0 saturated carbocycles. The van der Waals surface area contributed by atoms with Gasteiger partial charge in [0.15, 0.2) is 11.5 Å². The van der Waals surface area contributed by atoms with Gasteiger partial charge in [-0.25, -0.2) is 5.43 Å². The second-order valence-corrected chi connectivity index (χ2v) is 7.12. The molecule has 0 saturated heterocycles. The van der Waals surface area contributed by atoms with Crippen LogP contribution in [-0.4, -0.2) is 30.7 Å². The fourth-order valence-electron chi connectivity index (χ4n) is 2.41. The summed E-state index contributed by atoms with van der Waals surface area (Å²) in [5, 5.41) is 6.76. The van der Waals surface area contributed by atoms with E-state index in [0.29, 0.717) is 41.7 Å². The normalized spacial score (nSPS) is 13.0. The molecule has 1 aliphatic rings. The van der Waals surface area contributed by atoms with Gasteiger partial charge < -0.3 is 14.8 Å². The second kappa shape index (κ2) is 8.85. The lowest BCUT2D eigenvalue weighted by atomic mass is 10.2. The van der Waals surface area contributed by atoms with Gasteiger partial charge in [0.2, 0.25) is 5.91 Å². The van der Waals surface area contributed by atoms with Crippen molar-refractivity contribution in [1.29, 1.82) is 0 Å². The number of amides is 2. The van der Waals surface area contributed by atoms with Gasteiger partial charge in [-0.3, -0.25) is 9.59 Å². The molecule has 0 radical (unpaired) electrons. The van der Waals surface area contributed by atoms with Crippen LogP contribution >= 0.6 is 22.6 Å².